The smallest absolute Gasteiger partial charge is 0.251 e. The van der Waals surface area contributed by atoms with Crippen LogP contribution in [0.2, 0.25) is 5.02 Å². The summed E-state index contributed by atoms with van der Waals surface area (Å²) in [6.07, 6.45) is 3.30. The normalized spacial score (nSPS) is 22.5. The van der Waals surface area contributed by atoms with Crippen LogP contribution in [0.1, 0.15) is 35.2 Å². The summed E-state index contributed by atoms with van der Waals surface area (Å²) in [7, 11) is 0. The molecule has 2 rings (SSSR count). The summed E-state index contributed by atoms with van der Waals surface area (Å²) < 4.78 is 0. The molecule has 1 saturated carbocycles. The van der Waals surface area contributed by atoms with Crippen LogP contribution in [-0.4, -0.2) is 24.2 Å². The molecule has 1 aliphatic carbocycles. The van der Waals surface area contributed by atoms with Gasteiger partial charge in [-0.25, -0.2) is 0 Å². The summed E-state index contributed by atoms with van der Waals surface area (Å²) >= 11 is 5.94. The number of nitrogens with one attached hydrogen (secondary N) is 1. The van der Waals surface area contributed by atoms with E-state index in [0.717, 1.165) is 24.8 Å². The fourth-order valence-corrected chi connectivity index (χ4v) is 2.85. The lowest BCUT2D eigenvalue weighted by atomic mass is 9.97. The number of benzene rings is 1. The molecule has 4 heteroatoms. The Kier molecular flexibility index (Phi) is 4.83. The highest BCUT2D eigenvalue weighted by Crippen LogP contribution is 2.30. The van der Waals surface area contributed by atoms with Crippen molar-refractivity contribution in [3.63, 3.8) is 0 Å². The molecule has 1 aromatic rings. The average molecular weight is 282 g/mol. The molecule has 0 saturated heterocycles. The molecule has 1 fully saturated rings. The van der Waals surface area contributed by atoms with E-state index in [2.05, 4.69) is 5.32 Å². The number of aliphatic hydroxyl groups excluding tert-OH is 1. The first-order valence-corrected chi connectivity index (χ1v) is 7.15. The highest BCUT2D eigenvalue weighted by molar-refractivity contribution is 6.31. The van der Waals surface area contributed by atoms with Crippen LogP contribution in [-0.2, 0) is 0 Å². The molecular formula is C15H20ClNO2. The molecule has 0 spiro atoms. The van der Waals surface area contributed by atoms with E-state index in [-0.39, 0.29) is 12.5 Å². The maximum Gasteiger partial charge on any atom is 0.251 e. The molecular weight excluding hydrogens is 262 g/mol. The maximum absolute atomic E-state index is 12.0. The van der Waals surface area contributed by atoms with Crippen LogP contribution in [0.15, 0.2) is 18.2 Å². The predicted molar refractivity (Wildman–Crippen MR) is 76.4 cm³/mol. The minimum absolute atomic E-state index is 0.0663. The van der Waals surface area contributed by atoms with Gasteiger partial charge in [-0.05, 0) is 55.4 Å². The molecule has 0 heterocycles. The van der Waals surface area contributed by atoms with Crippen molar-refractivity contribution in [2.24, 2.45) is 11.8 Å². The monoisotopic (exact) mass is 281 g/mol. The third-order valence-corrected chi connectivity index (χ3v) is 4.42. The van der Waals surface area contributed by atoms with E-state index in [9.17, 15) is 9.90 Å². The van der Waals surface area contributed by atoms with Gasteiger partial charge in [-0.1, -0.05) is 18.0 Å². The topological polar surface area (TPSA) is 49.3 Å². The lowest BCUT2D eigenvalue weighted by molar-refractivity contribution is 0.0937. The number of carbonyl (C=O) groups excluding carboxylic acids is 1. The zero-order valence-electron chi connectivity index (χ0n) is 11.2. The fraction of sp³-hybridized carbons (Fsp3) is 0.533. The number of hydrogen-bond donors (Lipinski definition) is 2. The Labute approximate surface area is 119 Å². The first-order valence-electron chi connectivity index (χ1n) is 6.77. The SMILES string of the molecule is Cc1cc(C(=O)NCC2CCCC2CO)ccc1Cl. The van der Waals surface area contributed by atoms with Crippen molar-refractivity contribution >= 4 is 17.5 Å². The zero-order valence-corrected chi connectivity index (χ0v) is 11.9. The van der Waals surface area contributed by atoms with Gasteiger partial charge in [0.2, 0.25) is 0 Å². The molecule has 2 N–H and O–H groups in total. The molecule has 0 bridgehead atoms. The summed E-state index contributed by atoms with van der Waals surface area (Å²) in [6, 6.07) is 5.29. The van der Waals surface area contributed by atoms with Crippen molar-refractivity contribution < 1.29 is 9.90 Å². The van der Waals surface area contributed by atoms with Crippen LogP contribution >= 0.6 is 11.6 Å². The van der Waals surface area contributed by atoms with Gasteiger partial charge in [-0.3, -0.25) is 4.79 Å². The third kappa shape index (κ3) is 3.48. The van der Waals surface area contributed by atoms with Gasteiger partial charge in [-0.2, -0.15) is 0 Å². The Hall–Kier alpha value is -1.06. The van der Waals surface area contributed by atoms with E-state index >= 15 is 0 Å². The van der Waals surface area contributed by atoms with Crippen LogP contribution in [0.4, 0.5) is 0 Å². The number of carbonyl (C=O) groups is 1. The zero-order chi connectivity index (χ0) is 13.8. The Morgan fingerprint density at radius 3 is 2.84 bits per heavy atom. The minimum atomic E-state index is -0.0663. The van der Waals surface area contributed by atoms with E-state index in [1.54, 1.807) is 18.2 Å². The first-order chi connectivity index (χ1) is 9.11. The minimum Gasteiger partial charge on any atom is -0.396 e. The summed E-state index contributed by atoms with van der Waals surface area (Å²) in [5, 5.41) is 12.9. The van der Waals surface area contributed by atoms with Crippen LogP contribution in [0, 0.1) is 18.8 Å². The largest absolute Gasteiger partial charge is 0.396 e. The summed E-state index contributed by atoms with van der Waals surface area (Å²) in [5.41, 5.74) is 1.55. The van der Waals surface area contributed by atoms with Crippen molar-refractivity contribution in [3.05, 3.63) is 34.3 Å². The third-order valence-electron chi connectivity index (χ3n) is 4.00. The molecule has 19 heavy (non-hydrogen) atoms. The predicted octanol–water partition coefficient (Wildman–Crippen LogP) is 2.79. The van der Waals surface area contributed by atoms with Gasteiger partial charge in [0, 0.05) is 23.7 Å². The molecule has 1 aromatic carbocycles. The Bertz CT molecular complexity index is 461. The Morgan fingerprint density at radius 1 is 1.42 bits per heavy atom. The van der Waals surface area contributed by atoms with Crippen LogP contribution in [0.5, 0.6) is 0 Å². The van der Waals surface area contributed by atoms with Crippen LogP contribution in [0.3, 0.4) is 0 Å². The van der Waals surface area contributed by atoms with Gasteiger partial charge in [0.1, 0.15) is 0 Å². The number of aryl methyl sites for hydroxylation is 1. The molecule has 3 nitrogen and oxygen atoms in total. The molecule has 0 aromatic heterocycles. The van der Waals surface area contributed by atoms with Crippen molar-refractivity contribution in [3.8, 4) is 0 Å². The molecule has 0 radical (unpaired) electrons. The van der Waals surface area contributed by atoms with Crippen LogP contribution in [0.25, 0.3) is 0 Å². The highest BCUT2D eigenvalue weighted by Gasteiger charge is 2.26. The number of amides is 1. The van der Waals surface area contributed by atoms with Crippen molar-refractivity contribution in [2.75, 3.05) is 13.2 Å². The van der Waals surface area contributed by atoms with Crippen molar-refractivity contribution in [2.45, 2.75) is 26.2 Å². The summed E-state index contributed by atoms with van der Waals surface area (Å²) in [6.45, 7) is 2.75. The molecule has 2 atom stereocenters. The first kappa shape index (κ1) is 14.4. The van der Waals surface area contributed by atoms with Gasteiger partial charge in [0.25, 0.3) is 5.91 Å². The molecule has 1 amide bonds. The van der Waals surface area contributed by atoms with E-state index < -0.39 is 0 Å². The molecule has 104 valence electrons. The molecule has 0 aliphatic heterocycles. The summed E-state index contributed by atoms with van der Waals surface area (Å²) in [5.74, 6) is 0.679. The van der Waals surface area contributed by atoms with Gasteiger partial charge in [-0.15, -0.1) is 0 Å². The van der Waals surface area contributed by atoms with Gasteiger partial charge in [0.05, 0.1) is 0 Å². The number of rotatable bonds is 4. The van der Waals surface area contributed by atoms with E-state index in [4.69, 9.17) is 11.6 Å². The number of aliphatic hydroxyl groups is 1. The Balaban J connectivity index is 1.92. The Morgan fingerprint density at radius 2 is 2.16 bits per heavy atom. The second kappa shape index (κ2) is 6.40. The number of halogens is 1. The fourth-order valence-electron chi connectivity index (χ4n) is 2.73. The standard InChI is InChI=1S/C15H20ClNO2/c1-10-7-11(5-6-14(10)16)15(19)17-8-12-3-2-4-13(12)9-18/h5-7,12-13,18H,2-4,8-9H2,1H3,(H,17,19). The van der Waals surface area contributed by atoms with Crippen molar-refractivity contribution in [1.82, 2.24) is 5.32 Å². The van der Waals surface area contributed by atoms with Gasteiger partial charge < -0.3 is 10.4 Å². The highest BCUT2D eigenvalue weighted by atomic mass is 35.5. The molecule has 1 aliphatic rings. The molecule has 2 unspecified atom stereocenters. The second-order valence-corrected chi connectivity index (χ2v) is 5.71. The van der Waals surface area contributed by atoms with E-state index in [1.165, 1.54) is 0 Å². The van der Waals surface area contributed by atoms with E-state index in [0.29, 0.717) is 29.0 Å². The van der Waals surface area contributed by atoms with Crippen molar-refractivity contribution in [1.29, 1.82) is 0 Å². The number of hydrogen-bond acceptors (Lipinski definition) is 2. The maximum atomic E-state index is 12.0. The van der Waals surface area contributed by atoms with Gasteiger partial charge >= 0.3 is 0 Å². The quantitative estimate of drug-likeness (QED) is 0.892. The van der Waals surface area contributed by atoms with E-state index in [1.807, 2.05) is 6.92 Å². The average Bonchev–Trinajstić information content (AvgIpc) is 2.86. The summed E-state index contributed by atoms with van der Waals surface area (Å²) in [4.78, 5) is 12.0. The van der Waals surface area contributed by atoms with Gasteiger partial charge in [0.15, 0.2) is 0 Å². The lowest BCUT2D eigenvalue weighted by Gasteiger charge is -2.17. The second-order valence-electron chi connectivity index (χ2n) is 5.31. The van der Waals surface area contributed by atoms with Crippen LogP contribution < -0.4 is 5.32 Å². The lowest BCUT2D eigenvalue weighted by Crippen LogP contribution is -2.31.